The molecule has 4 rings (SSSR count). The Hall–Kier alpha value is -2.42. The van der Waals surface area contributed by atoms with E-state index < -0.39 is 14.0 Å². The molecular formula is C30H39N2O2P. The van der Waals surface area contributed by atoms with E-state index in [0.29, 0.717) is 5.75 Å². The van der Waals surface area contributed by atoms with Gasteiger partial charge in [-0.25, -0.2) is 4.68 Å². The Labute approximate surface area is 211 Å². The average molecular weight is 491 g/mol. The molecule has 3 unspecified atom stereocenters. The molecular weight excluding hydrogens is 451 g/mol. The van der Waals surface area contributed by atoms with Crippen LogP contribution in [0.5, 0.6) is 5.75 Å². The number of aryl methyl sites for hydroxylation is 1. The number of aliphatic hydroxyl groups excluding tert-OH is 1. The fourth-order valence-corrected chi connectivity index (χ4v) is 8.98. The van der Waals surface area contributed by atoms with Gasteiger partial charge in [-0.05, 0) is 67.6 Å². The molecule has 186 valence electrons. The first-order valence-electron chi connectivity index (χ1n) is 12.6. The van der Waals surface area contributed by atoms with Crippen molar-refractivity contribution in [3.8, 4) is 5.75 Å². The molecule has 1 aromatic heterocycles. The lowest BCUT2D eigenvalue weighted by Crippen LogP contribution is -2.55. The second-order valence-corrected chi connectivity index (χ2v) is 13.7. The average Bonchev–Trinajstić information content (AvgIpc) is 3.33. The van der Waals surface area contributed by atoms with Crippen LogP contribution in [0.25, 0.3) is 0 Å². The molecule has 2 N–H and O–H groups in total. The number of nitrogens with zero attached hydrogens (tertiary/aromatic N) is 2. The van der Waals surface area contributed by atoms with Gasteiger partial charge in [0.2, 0.25) is 0 Å². The topological polar surface area (TPSA) is 57.8 Å². The highest BCUT2D eigenvalue weighted by Crippen LogP contribution is 2.60. The number of phenols is 1. The van der Waals surface area contributed by atoms with Crippen molar-refractivity contribution >= 4 is 24.7 Å². The van der Waals surface area contributed by atoms with Crippen LogP contribution in [0, 0.1) is 12.3 Å². The zero-order valence-electron chi connectivity index (χ0n) is 21.9. The Kier molecular flexibility index (Phi) is 7.27. The van der Waals surface area contributed by atoms with E-state index in [4.69, 9.17) is 0 Å². The summed E-state index contributed by atoms with van der Waals surface area (Å²) in [7, 11) is -1.02. The third-order valence-electron chi connectivity index (χ3n) is 7.32. The van der Waals surface area contributed by atoms with Crippen molar-refractivity contribution < 1.29 is 10.2 Å². The summed E-state index contributed by atoms with van der Waals surface area (Å²) in [6.45, 7) is 12.9. The predicted molar refractivity (Wildman–Crippen MR) is 149 cm³/mol. The highest BCUT2D eigenvalue weighted by atomic mass is 31.1. The first kappa shape index (κ1) is 25.7. The van der Waals surface area contributed by atoms with Crippen LogP contribution >= 0.6 is 7.92 Å². The van der Waals surface area contributed by atoms with E-state index >= 15 is 0 Å². The van der Waals surface area contributed by atoms with Gasteiger partial charge in [-0.1, -0.05) is 71.4 Å². The molecule has 0 bridgehead atoms. The third-order valence-corrected chi connectivity index (χ3v) is 10.2. The van der Waals surface area contributed by atoms with Gasteiger partial charge < -0.3 is 10.2 Å². The van der Waals surface area contributed by atoms with Crippen molar-refractivity contribution in [2.24, 2.45) is 10.5 Å². The smallest absolute Gasteiger partial charge is 0.127 e. The summed E-state index contributed by atoms with van der Waals surface area (Å²) in [4.78, 5) is 0. The van der Waals surface area contributed by atoms with Crippen LogP contribution < -0.4 is 10.6 Å². The lowest BCUT2D eigenvalue weighted by Gasteiger charge is -2.54. The van der Waals surface area contributed by atoms with Crippen LogP contribution in [0.2, 0.25) is 0 Å². The minimum Gasteiger partial charge on any atom is -0.507 e. The number of aromatic nitrogens is 1. The second-order valence-electron chi connectivity index (χ2n) is 11.3. The highest BCUT2D eigenvalue weighted by Gasteiger charge is 2.53. The maximum absolute atomic E-state index is 11.6. The Balaban J connectivity index is 1.87. The van der Waals surface area contributed by atoms with Crippen LogP contribution in [0.3, 0.4) is 0 Å². The molecule has 1 heterocycles. The Morgan fingerprint density at radius 1 is 1.11 bits per heavy atom. The van der Waals surface area contributed by atoms with Crippen molar-refractivity contribution in [1.82, 2.24) is 4.68 Å². The first-order chi connectivity index (χ1) is 16.5. The van der Waals surface area contributed by atoms with Crippen LogP contribution in [0.15, 0.2) is 66.0 Å². The maximum atomic E-state index is 11.6. The van der Waals surface area contributed by atoms with Gasteiger partial charge in [0, 0.05) is 34.5 Å². The lowest BCUT2D eigenvalue weighted by atomic mass is 9.65. The summed E-state index contributed by atoms with van der Waals surface area (Å²) < 4.78 is 1.79. The molecule has 2 aromatic carbocycles. The number of aliphatic hydroxyl groups is 1. The fourth-order valence-electron chi connectivity index (χ4n) is 5.42. The SMILES string of the molecule is CCC[C@@]1(C)CC(P(c2ccccc2/C=N/n2cccc2)c2cc(C)cc(C(C)(C)C)c2O)C1O. The summed E-state index contributed by atoms with van der Waals surface area (Å²) >= 11 is 0. The molecule has 35 heavy (non-hydrogen) atoms. The molecule has 4 atom stereocenters. The standard InChI is InChI=1S/C30H39N2O2P/c1-7-14-30(6)19-26(28(30)34)35(25-18-21(2)17-23(27(25)33)29(3,4)5)24-13-9-8-12-22(24)20-31-32-15-10-11-16-32/h8-13,15-18,20,26,28,33-34H,7,14,19H2,1-6H3/b31-20+/t26?,28?,30-,35?/m0/s1. The van der Waals surface area contributed by atoms with Crippen LogP contribution in [0.1, 0.15) is 70.6 Å². The van der Waals surface area contributed by atoms with Gasteiger partial charge >= 0.3 is 0 Å². The maximum Gasteiger partial charge on any atom is 0.127 e. The molecule has 5 heteroatoms. The molecule has 0 radical (unpaired) electrons. The van der Waals surface area contributed by atoms with E-state index in [9.17, 15) is 10.2 Å². The molecule has 4 nitrogen and oxygen atoms in total. The molecule has 3 aromatic rings. The van der Waals surface area contributed by atoms with Gasteiger partial charge in [-0.15, -0.1) is 0 Å². The normalized spacial score (nSPS) is 23.4. The minimum atomic E-state index is -1.02. The van der Waals surface area contributed by atoms with E-state index in [2.05, 4.69) is 77.0 Å². The van der Waals surface area contributed by atoms with E-state index in [1.54, 1.807) is 4.68 Å². The number of hydrogen-bond acceptors (Lipinski definition) is 3. The molecule has 1 fully saturated rings. The van der Waals surface area contributed by atoms with Gasteiger partial charge in [-0.2, -0.15) is 5.10 Å². The van der Waals surface area contributed by atoms with E-state index in [0.717, 1.165) is 46.6 Å². The van der Waals surface area contributed by atoms with Crippen molar-refractivity contribution in [2.75, 3.05) is 0 Å². The van der Waals surface area contributed by atoms with Crippen LogP contribution in [0.4, 0.5) is 0 Å². The predicted octanol–water partition coefficient (Wildman–Crippen LogP) is 6.05. The molecule has 0 amide bonds. The molecule has 0 spiro atoms. The molecule has 1 saturated carbocycles. The lowest BCUT2D eigenvalue weighted by molar-refractivity contribution is -0.0510. The Bertz CT molecular complexity index is 1200. The summed E-state index contributed by atoms with van der Waals surface area (Å²) in [6.07, 6.45) is 8.35. The van der Waals surface area contributed by atoms with Crippen molar-refractivity contribution in [3.05, 3.63) is 77.6 Å². The Morgan fingerprint density at radius 2 is 1.80 bits per heavy atom. The minimum absolute atomic E-state index is 0.0690. The first-order valence-corrected chi connectivity index (χ1v) is 14.0. The van der Waals surface area contributed by atoms with Crippen molar-refractivity contribution in [2.45, 2.75) is 78.0 Å². The summed E-state index contributed by atoms with van der Waals surface area (Å²) in [5.41, 5.74) is 2.96. The van der Waals surface area contributed by atoms with E-state index in [-0.39, 0.29) is 16.5 Å². The van der Waals surface area contributed by atoms with Crippen LogP contribution in [-0.4, -0.2) is 32.9 Å². The van der Waals surface area contributed by atoms with Crippen LogP contribution in [-0.2, 0) is 5.41 Å². The number of aromatic hydroxyl groups is 1. The van der Waals surface area contributed by atoms with Gasteiger partial charge in [0.15, 0.2) is 0 Å². The number of hydrogen-bond donors (Lipinski definition) is 2. The quantitative estimate of drug-likeness (QED) is 0.313. The van der Waals surface area contributed by atoms with Crippen molar-refractivity contribution in [1.29, 1.82) is 0 Å². The van der Waals surface area contributed by atoms with Gasteiger partial charge in [0.1, 0.15) is 5.75 Å². The zero-order chi connectivity index (χ0) is 25.4. The molecule has 1 aliphatic carbocycles. The molecule has 0 saturated heterocycles. The van der Waals surface area contributed by atoms with Crippen molar-refractivity contribution in [3.63, 3.8) is 0 Å². The highest BCUT2D eigenvalue weighted by molar-refractivity contribution is 7.74. The number of benzene rings is 2. The van der Waals surface area contributed by atoms with Gasteiger partial charge in [0.25, 0.3) is 0 Å². The third kappa shape index (κ3) is 5.10. The summed E-state index contributed by atoms with van der Waals surface area (Å²) in [6, 6.07) is 16.5. The molecule has 1 aliphatic rings. The Morgan fingerprint density at radius 3 is 2.43 bits per heavy atom. The number of rotatable bonds is 7. The summed E-state index contributed by atoms with van der Waals surface area (Å²) in [5.74, 6) is 0.377. The zero-order valence-corrected chi connectivity index (χ0v) is 22.8. The monoisotopic (exact) mass is 490 g/mol. The second kappa shape index (κ2) is 9.91. The largest absolute Gasteiger partial charge is 0.507 e. The summed E-state index contributed by atoms with van der Waals surface area (Å²) in [5, 5.41) is 29.9. The van der Waals surface area contributed by atoms with Gasteiger partial charge in [-0.3, -0.25) is 0 Å². The number of phenolic OH excluding ortho intramolecular Hbond substituents is 1. The van der Waals surface area contributed by atoms with E-state index in [1.165, 1.54) is 0 Å². The van der Waals surface area contributed by atoms with Gasteiger partial charge in [0.05, 0.1) is 12.3 Å². The van der Waals surface area contributed by atoms with E-state index in [1.807, 2.05) is 36.8 Å². The fraction of sp³-hybridized carbons (Fsp3) is 0.433. The molecule has 0 aliphatic heterocycles.